The molecule has 0 aromatic heterocycles. The summed E-state index contributed by atoms with van der Waals surface area (Å²) in [5.74, 6) is 0.726. The van der Waals surface area contributed by atoms with Crippen LogP contribution in [0.2, 0.25) is 0 Å². The van der Waals surface area contributed by atoms with Gasteiger partial charge in [0, 0.05) is 46.0 Å². The van der Waals surface area contributed by atoms with Gasteiger partial charge in [-0.25, -0.2) is 4.99 Å². The van der Waals surface area contributed by atoms with E-state index < -0.39 is 0 Å². The highest BCUT2D eigenvalue weighted by Crippen LogP contribution is 2.29. The lowest BCUT2D eigenvalue weighted by Crippen LogP contribution is -2.52. The van der Waals surface area contributed by atoms with Gasteiger partial charge < -0.3 is 25.0 Å². The van der Waals surface area contributed by atoms with Crippen LogP contribution >= 0.6 is 24.0 Å². The molecule has 158 valence electrons. The van der Waals surface area contributed by atoms with E-state index in [1.807, 2.05) is 0 Å². The molecule has 1 amide bonds. The zero-order chi connectivity index (χ0) is 19.2. The van der Waals surface area contributed by atoms with Gasteiger partial charge in [-0.3, -0.25) is 4.79 Å². The molecule has 2 saturated heterocycles. The van der Waals surface area contributed by atoms with E-state index >= 15 is 0 Å². The average molecular weight is 496 g/mol. The first kappa shape index (κ1) is 24.4. The largest absolute Gasteiger partial charge is 0.381 e. The van der Waals surface area contributed by atoms with E-state index in [0.717, 1.165) is 51.5 Å². The Bertz CT molecular complexity index is 488. The number of guanidine groups is 1. The number of carbonyl (C=O) groups is 1. The Morgan fingerprint density at radius 2 is 1.67 bits per heavy atom. The fraction of sp³-hybridized carbons (Fsp3) is 0.895. The van der Waals surface area contributed by atoms with Gasteiger partial charge in [-0.1, -0.05) is 20.8 Å². The molecule has 2 unspecified atom stereocenters. The minimum absolute atomic E-state index is 0. The SMILES string of the molecule is CN(C)C(=O)CN=C(NC1CCOCC1)NC1CCOC(C(C)(C)C)C1.I. The van der Waals surface area contributed by atoms with Crippen molar-refractivity contribution in [1.82, 2.24) is 15.5 Å². The molecular formula is C19H37IN4O3. The second-order valence-electron chi connectivity index (χ2n) is 8.58. The number of rotatable bonds is 4. The van der Waals surface area contributed by atoms with E-state index in [1.54, 1.807) is 19.0 Å². The summed E-state index contributed by atoms with van der Waals surface area (Å²) in [5.41, 5.74) is 0.118. The van der Waals surface area contributed by atoms with Crippen LogP contribution in [0.3, 0.4) is 0 Å². The van der Waals surface area contributed by atoms with Gasteiger partial charge in [0.1, 0.15) is 6.54 Å². The Morgan fingerprint density at radius 1 is 1.07 bits per heavy atom. The summed E-state index contributed by atoms with van der Waals surface area (Å²) in [4.78, 5) is 18.0. The predicted octanol–water partition coefficient (Wildman–Crippen LogP) is 2.00. The second-order valence-corrected chi connectivity index (χ2v) is 8.58. The van der Waals surface area contributed by atoms with Crippen molar-refractivity contribution in [1.29, 1.82) is 0 Å². The Hall–Kier alpha value is -0.610. The first-order valence-electron chi connectivity index (χ1n) is 9.72. The van der Waals surface area contributed by atoms with Gasteiger partial charge in [0.25, 0.3) is 0 Å². The second kappa shape index (κ2) is 11.4. The maximum atomic E-state index is 11.9. The van der Waals surface area contributed by atoms with Crippen LogP contribution in [0.1, 0.15) is 46.5 Å². The normalized spacial score (nSPS) is 24.7. The van der Waals surface area contributed by atoms with E-state index in [9.17, 15) is 4.79 Å². The van der Waals surface area contributed by atoms with Crippen LogP contribution in [0.4, 0.5) is 0 Å². The van der Waals surface area contributed by atoms with Gasteiger partial charge in [0.15, 0.2) is 5.96 Å². The zero-order valence-electron chi connectivity index (χ0n) is 17.4. The molecule has 7 nitrogen and oxygen atoms in total. The molecule has 2 atom stereocenters. The van der Waals surface area contributed by atoms with Crippen LogP contribution in [0.5, 0.6) is 0 Å². The molecule has 2 N–H and O–H groups in total. The summed E-state index contributed by atoms with van der Waals surface area (Å²) >= 11 is 0. The summed E-state index contributed by atoms with van der Waals surface area (Å²) in [7, 11) is 3.51. The first-order chi connectivity index (χ1) is 12.3. The van der Waals surface area contributed by atoms with Crippen molar-refractivity contribution in [3.05, 3.63) is 0 Å². The van der Waals surface area contributed by atoms with Crippen molar-refractivity contribution >= 4 is 35.8 Å². The standard InChI is InChI=1S/C19H36N4O3.HI/c1-19(2,3)16-12-15(8-11-26-16)22-18(20-13-17(24)23(4)5)21-14-6-9-25-10-7-14;/h14-16H,6-13H2,1-5H3,(H2,20,21,22);1H. The summed E-state index contributed by atoms with van der Waals surface area (Å²) in [6, 6.07) is 0.635. The van der Waals surface area contributed by atoms with Crippen molar-refractivity contribution in [3.8, 4) is 0 Å². The van der Waals surface area contributed by atoms with Crippen molar-refractivity contribution in [3.63, 3.8) is 0 Å². The summed E-state index contributed by atoms with van der Waals surface area (Å²) < 4.78 is 11.4. The lowest BCUT2D eigenvalue weighted by molar-refractivity contribution is -0.127. The lowest BCUT2D eigenvalue weighted by atomic mass is 9.83. The van der Waals surface area contributed by atoms with Crippen LogP contribution in [0.25, 0.3) is 0 Å². The number of nitrogens with zero attached hydrogens (tertiary/aromatic N) is 2. The zero-order valence-corrected chi connectivity index (χ0v) is 19.7. The molecule has 0 aromatic carbocycles. The van der Waals surface area contributed by atoms with Crippen molar-refractivity contribution in [2.24, 2.45) is 10.4 Å². The summed E-state index contributed by atoms with van der Waals surface area (Å²) in [6.45, 7) is 9.08. The first-order valence-corrected chi connectivity index (χ1v) is 9.72. The van der Waals surface area contributed by atoms with Crippen LogP contribution in [-0.4, -0.2) is 75.4 Å². The van der Waals surface area contributed by atoms with Crippen LogP contribution < -0.4 is 10.6 Å². The highest BCUT2D eigenvalue weighted by atomic mass is 127. The topological polar surface area (TPSA) is 75.2 Å². The van der Waals surface area contributed by atoms with Crippen molar-refractivity contribution in [2.45, 2.75) is 64.6 Å². The third-order valence-corrected chi connectivity index (χ3v) is 5.02. The van der Waals surface area contributed by atoms with Crippen LogP contribution in [0, 0.1) is 5.41 Å². The molecular weight excluding hydrogens is 459 g/mol. The van der Waals surface area contributed by atoms with Crippen molar-refractivity contribution < 1.29 is 14.3 Å². The third-order valence-electron chi connectivity index (χ3n) is 5.02. The molecule has 2 heterocycles. The maximum Gasteiger partial charge on any atom is 0.243 e. The minimum Gasteiger partial charge on any atom is -0.381 e. The van der Waals surface area contributed by atoms with Gasteiger partial charge in [0.05, 0.1) is 6.10 Å². The Labute approximate surface area is 181 Å². The molecule has 0 aromatic rings. The summed E-state index contributed by atoms with van der Waals surface area (Å²) in [5, 5.41) is 7.05. The molecule has 2 aliphatic rings. The van der Waals surface area contributed by atoms with E-state index in [0.29, 0.717) is 12.1 Å². The van der Waals surface area contributed by atoms with E-state index in [2.05, 4.69) is 36.4 Å². The van der Waals surface area contributed by atoms with E-state index in [4.69, 9.17) is 9.47 Å². The van der Waals surface area contributed by atoms with Gasteiger partial charge in [-0.15, -0.1) is 24.0 Å². The number of hydrogen-bond acceptors (Lipinski definition) is 4. The summed E-state index contributed by atoms with van der Waals surface area (Å²) in [6.07, 6.45) is 4.03. The lowest BCUT2D eigenvalue weighted by Gasteiger charge is -2.38. The van der Waals surface area contributed by atoms with Crippen molar-refractivity contribution in [2.75, 3.05) is 40.5 Å². The van der Waals surface area contributed by atoms with Gasteiger partial charge in [0.2, 0.25) is 5.91 Å². The molecule has 2 rings (SSSR count). The monoisotopic (exact) mass is 496 g/mol. The fourth-order valence-electron chi connectivity index (χ4n) is 3.18. The van der Waals surface area contributed by atoms with E-state index in [1.165, 1.54) is 0 Å². The molecule has 0 saturated carbocycles. The quantitative estimate of drug-likeness (QED) is 0.354. The highest BCUT2D eigenvalue weighted by Gasteiger charge is 2.32. The van der Waals surface area contributed by atoms with Crippen LogP contribution in [-0.2, 0) is 14.3 Å². The molecule has 0 bridgehead atoms. The molecule has 2 aliphatic heterocycles. The molecule has 0 radical (unpaired) electrons. The number of nitrogens with one attached hydrogen (secondary N) is 2. The number of likely N-dealkylation sites (N-methyl/N-ethyl adjacent to an activating group) is 1. The Morgan fingerprint density at radius 3 is 2.26 bits per heavy atom. The molecule has 2 fully saturated rings. The van der Waals surface area contributed by atoms with Gasteiger partial charge in [-0.2, -0.15) is 0 Å². The number of hydrogen-bond donors (Lipinski definition) is 2. The molecule has 8 heteroatoms. The fourth-order valence-corrected chi connectivity index (χ4v) is 3.18. The van der Waals surface area contributed by atoms with Gasteiger partial charge in [-0.05, 0) is 31.1 Å². The Balaban J connectivity index is 0.00000364. The number of halogens is 1. The predicted molar refractivity (Wildman–Crippen MR) is 119 cm³/mol. The maximum absolute atomic E-state index is 11.9. The number of carbonyl (C=O) groups excluding carboxylic acids is 1. The van der Waals surface area contributed by atoms with Gasteiger partial charge >= 0.3 is 0 Å². The number of aliphatic imine (C=N–C) groups is 1. The third kappa shape index (κ3) is 8.51. The smallest absolute Gasteiger partial charge is 0.243 e. The highest BCUT2D eigenvalue weighted by molar-refractivity contribution is 14.0. The number of amides is 1. The molecule has 27 heavy (non-hydrogen) atoms. The molecule has 0 spiro atoms. The average Bonchev–Trinajstić information content (AvgIpc) is 2.59. The van der Waals surface area contributed by atoms with Crippen LogP contribution in [0.15, 0.2) is 4.99 Å². The van der Waals surface area contributed by atoms with E-state index in [-0.39, 0.29) is 47.9 Å². The number of ether oxygens (including phenoxy) is 2. The molecule has 0 aliphatic carbocycles. The Kier molecular flexibility index (Phi) is 10.3. The minimum atomic E-state index is -0.00220.